The normalized spacial score (nSPS) is 15.5. The SMILES string of the molecule is CC=C[C@H](C#N)O[Si](C)(C)C(C)(C)C. The maximum atomic E-state index is 8.88. The summed E-state index contributed by atoms with van der Waals surface area (Å²) in [5.74, 6) is 0. The van der Waals surface area contributed by atoms with Crippen LogP contribution in [0.4, 0.5) is 0 Å². The van der Waals surface area contributed by atoms with Crippen molar-refractivity contribution in [3.8, 4) is 6.07 Å². The minimum Gasteiger partial charge on any atom is -0.398 e. The van der Waals surface area contributed by atoms with E-state index in [4.69, 9.17) is 9.69 Å². The van der Waals surface area contributed by atoms with E-state index in [0.29, 0.717) is 0 Å². The van der Waals surface area contributed by atoms with Crippen molar-refractivity contribution in [3.63, 3.8) is 0 Å². The van der Waals surface area contributed by atoms with Crippen LogP contribution < -0.4 is 0 Å². The van der Waals surface area contributed by atoms with Crippen molar-refractivity contribution in [3.05, 3.63) is 12.2 Å². The fourth-order valence-electron chi connectivity index (χ4n) is 0.778. The summed E-state index contributed by atoms with van der Waals surface area (Å²) in [6.45, 7) is 12.7. The Labute approximate surface area is 88.7 Å². The van der Waals surface area contributed by atoms with Gasteiger partial charge in [0.1, 0.15) is 0 Å². The number of hydrogen-bond donors (Lipinski definition) is 0. The molecule has 0 N–H and O–H groups in total. The fraction of sp³-hybridized carbons (Fsp3) is 0.727. The topological polar surface area (TPSA) is 33.0 Å². The zero-order valence-corrected chi connectivity index (χ0v) is 11.1. The molecule has 14 heavy (non-hydrogen) atoms. The highest BCUT2D eigenvalue weighted by atomic mass is 28.4. The van der Waals surface area contributed by atoms with Crippen LogP contribution in [-0.4, -0.2) is 14.4 Å². The molecule has 0 aliphatic rings. The van der Waals surface area contributed by atoms with Crippen molar-refractivity contribution in [2.45, 2.75) is 51.9 Å². The Morgan fingerprint density at radius 3 is 2.14 bits per heavy atom. The molecule has 0 fully saturated rings. The van der Waals surface area contributed by atoms with Gasteiger partial charge in [0.25, 0.3) is 0 Å². The molecule has 0 rings (SSSR count). The quantitative estimate of drug-likeness (QED) is 0.529. The van der Waals surface area contributed by atoms with E-state index in [1.807, 2.05) is 13.0 Å². The van der Waals surface area contributed by atoms with Crippen molar-refractivity contribution in [2.75, 3.05) is 0 Å². The molecule has 1 atom stereocenters. The van der Waals surface area contributed by atoms with Crippen LogP contribution in [0.1, 0.15) is 27.7 Å². The summed E-state index contributed by atoms with van der Waals surface area (Å²) in [6, 6.07) is 2.16. The average Bonchev–Trinajstić information content (AvgIpc) is 2.01. The first-order valence-electron chi connectivity index (χ1n) is 4.95. The molecule has 0 aromatic rings. The highest BCUT2D eigenvalue weighted by Gasteiger charge is 2.38. The largest absolute Gasteiger partial charge is 0.398 e. The summed E-state index contributed by atoms with van der Waals surface area (Å²) < 4.78 is 5.88. The molecule has 0 saturated heterocycles. The summed E-state index contributed by atoms with van der Waals surface area (Å²) >= 11 is 0. The molecular formula is C11H21NOSi. The molecule has 0 aliphatic carbocycles. The van der Waals surface area contributed by atoms with E-state index < -0.39 is 8.32 Å². The van der Waals surface area contributed by atoms with E-state index in [-0.39, 0.29) is 11.1 Å². The van der Waals surface area contributed by atoms with Crippen LogP contribution in [0.15, 0.2) is 12.2 Å². The van der Waals surface area contributed by atoms with Crippen LogP contribution in [0.2, 0.25) is 18.1 Å². The highest BCUT2D eigenvalue weighted by Crippen LogP contribution is 2.37. The third-order valence-electron chi connectivity index (χ3n) is 2.72. The minimum atomic E-state index is -1.80. The molecule has 0 heterocycles. The van der Waals surface area contributed by atoms with Crippen LogP contribution in [0.5, 0.6) is 0 Å². The molecule has 80 valence electrons. The van der Waals surface area contributed by atoms with Gasteiger partial charge in [-0.15, -0.1) is 0 Å². The average molecular weight is 211 g/mol. The Bertz CT molecular complexity index is 245. The number of nitriles is 1. The van der Waals surface area contributed by atoms with Crippen molar-refractivity contribution in [1.82, 2.24) is 0 Å². The van der Waals surface area contributed by atoms with E-state index >= 15 is 0 Å². The second kappa shape index (κ2) is 4.76. The third-order valence-corrected chi connectivity index (χ3v) is 7.18. The molecule has 3 heteroatoms. The number of nitrogens with zero attached hydrogens (tertiary/aromatic N) is 1. The Kier molecular flexibility index (Phi) is 4.56. The molecule has 0 aromatic heterocycles. The molecule has 2 nitrogen and oxygen atoms in total. The second-order valence-electron chi connectivity index (χ2n) is 4.95. The van der Waals surface area contributed by atoms with Gasteiger partial charge < -0.3 is 4.43 Å². The van der Waals surface area contributed by atoms with Crippen LogP contribution in [0, 0.1) is 11.3 Å². The van der Waals surface area contributed by atoms with Crippen molar-refractivity contribution >= 4 is 8.32 Å². The molecule has 0 radical (unpaired) electrons. The lowest BCUT2D eigenvalue weighted by Crippen LogP contribution is -2.43. The van der Waals surface area contributed by atoms with Gasteiger partial charge in [0.15, 0.2) is 14.4 Å². The van der Waals surface area contributed by atoms with Gasteiger partial charge >= 0.3 is 0 Å². The molecule has 0 aliphatic heterocycles. The number of rotatable bonds is 3. The molecular weight excluding hydrogens is 190 g/mol. The van der Waals surface area contributed by atoms with Crippen LogP contribution >= 0.6 is 0 Å². The number of allylic oxidation sites excluding steroid dienone is 1. The Morgan fingerprint density at radius 1 is 1.36 bits per heavy atom. The maximum absolute atomic E-state index is 8.88. The van der Waals surface area contributed by atoms with Crippen molar-refractivity contribution < 1.29 is 4.43 Å². The van der Waals surface area contributed by atoms with Gasteiger partial charge in [-0.2, -0.15) is 5.26 Å². The Morgan fingerprint density at radius 2 is 1.86 bits per heavy atom. The van der Waals surface area contributed by atoms with Gasteiger partial charge in [0.2, 0.25) is 0 Å². The van der Waals surface area contributed by atoms with E-state index in [9.17, 15) is 0 Å². The molecule has 0 amide bonds. The van der Waals surface area contributed by atoms with Crippen LogP contribution in [0.3, 0.4) is 0 Å². The smallest absolute Gasteiger partial charge is 0.194 e. The maximum Gasteiger partial charge on any atom is 0.194 e. The highest BCUT2D eigenvalue weighted by molar-refractivity contribution is 6.74. The summed E-state index contributed by atoms with van der Waals surface area (Å²) in [6.07, 6.45) is 3.28. The van der Waals surface area contributed by atoms with Gasteiger partial charge in [0.05, 0.1) is 6.07 Å². The van der Waals surface area contributed by atoms with E-state index in [2.05, 4.69) is 39.9 Å². The molecule has 0 unspecified atom stereocenters. The predicted octanol–water partition coefficient (Wildman–Crippen LogP) is 3.48. The molecule has 0 spiro atoms. The van der Waals surface area contributed by atoms with Crippen molar-refractivity contribution in [1.29, 1.82) is 5.26 Å². The van der Waals surface area contributed by atoms with E-state index in [1.54, 1.807) is 6.08 Å². The van der Waals surface area contributed by atoms with Gasteiger partial charge in [-0.1, -0.05) is 26.8 Å². The van der Waals surface area contributed by atoms with Gasteiger partial charge in [-0.25, -0.2) is 0 Å². The summed E-state index contributed by atoms with van der Waals surface area (Å²) in [7, 11) is -1.80. The zero-order chi connectivity index (χ0) is 11.4. The molecule has 0 aromatic carbocycles. The molecule has 0 bridgehead atoms. The van der Waals surface area contributed by atoms with Crippen LogP contribution in [0.25, 0.3) is 0 Å². The van der Waals surface area contributed by atoms with Gasteiger partial charge in [-0.3, -0.25) is 0 Å². The summed E-state index contributed by atoms with van der Waals surface area (Å²) in [5.41, 5.74) is 0. The summed E-state index contributed by atoms with van der Waals surface area (Å²) in [4.78, 5) is 0. The van der Waals surface area contributed by atoms with Gasteiger partial charge in [-0.05, 0) is 31.1 Å². The second-order valence-corrected chi connectivity index (χ2v) is 9.71. The van der Waals surface area contributed by atoms with Crippen molar-refractivity contribution in [2.24, 2.45) is 0 Å². The Hall–Kier alpha value is -0.593. The Balaban J connectivity index is 4.58. The lowest BCUT2D eigenvalue weighted by molar-refractivity contribution is 0.273. The monoisotopic (exact) mass is 211 g/mol. The lowest BCUT2D eigenvalue weighted by atomic mass is 10.2. The third kappa shape index (κ3) is 3.65. The number of hydrogen-bond acceptors (Lipinski definition) is 2. The lowest BCUT2D eigenvalue weighted by Gasteiger charge is -2.37. The zero-order valence-electron chi connectivity index (χ0n) is 10.1. The minimum absolute atomic E-state index is 0.156. The predicted molar refractivity (Wildman–Crippen MR) is 62.5 cm³/mol. The fourth-order valence-corrected chi connectivity index (χ4v) is 1.90. The first-order chi connectivity index (χ1) is 6.24. The first-order valence-corrected chi connectivity index (χ1v) is 7.85. The molecule has 0 saturated carbocycles. The first kappa shape index (κ1) is 13.4. The van der Waals surface area contributed by atoms with Gasteiger partial charge in [0, 0.05) is 0 Å². The van der Waals surface area contributed by atoms with Crippen LogP contribution in [-0.2, 0) is 4.43 Å². The van der Waals surface area contributed by atoms with E-state index in [0.717, 1.165) is 0 Å². The van der Waals surface area contributed by atoms with E-state index in [1.165, 1.54) is 0 Å². The standard InChI is InChI=1S/C11H21NOSi/c1-7-8-10(9-12)13-14(5,6)11(2,3)4/h7-8,10H,1-6H3/t10-/m1/s1. The summed E-state index contributed by atoms with van der Waals surface area (Å²) in [5, 5.41) is 9.04.